The molecule has 24 heavy (non-hydrogen) atoms. The number of aromatic carboxylic acids is 1. The molecule has 1 saturated heterocycles. The van der Waals surface area contributed by atoms with E-state index in [0.29, 0.717) is 0 Å². The highest BCUT2D eigenvalue weighted by atomic mass is 16.7. The predicted molar refractivity (Wildman–Crippen MR) is 88.9 cm³/mol. The molecule has 1 aliphatic rings. The fourth-order valence-electron chi connectivity index (χ4n) is 2.56. The Morgan fingerprint density at radius 2 is 1.62 bits per heavy atom. The maximum Gasteiger partial charge on any atom is 0.466 e. The number of esters is 1. The quantitative estimate of drug-likeness (QED) is 0.658. The molecule has 2 rings (SSSR count). The van der Waals surface area contributed by atoms with E-state index in [1.165, 1.54) is 19.2 Å². The number of hydrogen-bond donors (Lipinski definition) is 1. The van der Waals surface area contributed by atoms with Crippen molar-refractivity contribution in [2.45, 2.75) is 51.1 Å². The van der Waals surface area contributed by atoms with Crippen LogP contribution in [0.2, 0.25) is 0 Å². The summed E-state index contributed by atoms with van der Waals surface area (Å²) in [5.74, 6) is -1.76. The van der Waals surface area contributed by atoms with E-state index in [1.807, 2.05) is 27.7 Å². The Balaban J connectivity index is 2.32. The van der Waals surface area contributed by atoms with Gasteiger partial charge >= 0.3 is 19.1 Å². The molecular formula is C17H23BO6. The second kappa shape index (κ2) is 6.57. The first-order valence-electron chi connectivity index (χ1n) is 7.83. The van der Waals surface area contributed by atoms with Crippen LogP contribution in [-0.4, -0.2) is 42.5 Å². The molecule has 130 valence electrons. The average Bonchev–Trinajstić information content (AvgIpc) is 2.72. The van der Waals surface area contributed by atoms with Gasteiger partial charge in [-0.3, -0.25) is 4.79 Å². The zero-order valence-electron chi connectivity index (χ0n) is 14.7. The lowest BCUT2D eigenvalue weighted by Gasteiger charge is -2.32. The van der Waals surface area contributed by atoms with Crippen LogP contribution in [0.1, 0.15) is 55.9 Å². The first kappa shape index (κ1) is 18.5. The highest BCUT2D eigenvalue weighted by Crippen LogP contribution is 2.41. The van der Waals surface area contributed by atoms with Crippen LogP contribution in [0.15, 0.2) is 24.3 Å². The Bertz CT molecular complexity index is 606. The summed E-state index contributed by atoms with van der Waals surface area (Å²) in [4.78, 5) is 22.8. The molecule has 0 radical (unpaired) electrons. The normalized spacial score (nSPS) is 19.8. The molecule has 0 aromatic heterocycles. The van der Waals surface area contributed by atoms with Gasteiger partial charge in [-0.15, -0.1) is 0 Å². The third-order valence-electron chi connectivity index (χ3n) is 4.80. The number of methoxy groups -OCH3 is 1. The van der Waals surface area contributed by atoms with E-state index in [0.717, 1.165) is 5.56 Å². The lowest BCUT2D eigenvalue weighted by molar-refractivity contribution is -0.140. The van der Waals surface area contributed by atoms with E-state index < -0.39 is 24.3 Å². The summed E-state index contributed by atoms with van der Waals surface area (Å²) in [7, 11) is 0.710. The molecule has 6 nitrogen and oxygen atoms in total. The number of ether oxygens (including phenoxy) is 1. The Morgan fingerprint density at radius 1 is 1.12 bits per heavy atom. The number of carbonyl (C=O) groups excluding carboxylic acids is 1. The van der Waals surface area contributed by atoms with Crippen molar-refractivity contribution in [1.82, 2.24) is 0 Å². The third kappa shape index (κ3) is 3.62. The van der Waals surface area contributed by atoms with Crippen molar-refractivity contribution >= 4 is 19.1 Å². The molecule has 1 aromatic carbocycles. The van der Waals surface area contributed by atoms with Crippen LogP contribution >= 0.6 is 0 Å². The minimum absolute atomic E-state index is 0.0831. The summed E-state index contributed by atoms with van der Waals surface area (Å²) in [6.45, 7) is 7.76. The van der Waals surface area contributed by atoms with Crippen LogP contribution in [0.4, 0.5) is 0 Å². The maximum absolute atomic E-state index is 11.8. The van der Waals surface area contributed by atoms with Gasteiger partial charge in [-0.25, -0.2) is 4.79 Å². The van der Waals surface area contributed by atoms with Gasteiger partial charge in [0.2, 0.25) is 0 Å². The number of carboxylic acids is 1. The first-order chi connectivity index (χ1) is 11.1. The molecule has 1 aromatic rings. The summed E-state index contributed by atoms with van der Waals surface area (Å²) in [6, 6.07) is 6.38. The summed E-state index contributed by atoms with van der Waals surface area (Å²) in [5, 5.41) is 9.02. The largest absolute Gasteiger partial charge is 0.478 e. The molecular weight excluding hydrogens is 311 g/mol. The molecule has 0 saturated carbocycles. The second-order valence-corrected chi connectivity index (χ2v) is 6.94. The Hall–Kier alpha value is -1.86. The molecule has 7 heteroatoms. The van der Waals surface area contributed by atoms with Crippen molar-refractivity contribution in [1.29, 1.82) is 0 Å². The molecule has 1 unspecified atom stereocenters. The number of rotatable bonds is 5. The zero-order valence-corrected chi connectivity index (χ0v) is 14.7. The van der Waals surface area contributed by atoms with E-state index in [1.54, 1.807) is 12.1 Å². The summed E-state index contributed by atoms with van der Waals surface area (Å²) < 4.78 is 16.9. The van der Waals surface area contributed by atoms with Gasteiger partial charge in [-0.1, -0.05) is 12.1 Å². The summed E-state index contributed by atoms with van der Waals surface area (Å²) >= 11 is 0. The van der Waals surface area contributed by atoms with Gasteiger partial charge in [0.05, 0.1) is 30.3 Å². The van der Waals surface area contributed by atoms with Crippen LogP contribution in [0.25, 0.3) is 0 Å². The first-order valence-corrected chi connectivity index (χ1v) is 7.83. The molecule has 1 N–H and O–H groups in total. The van der Waals surface area contributed by atoms with Crippen LogP contribution in [-0.2, 0) is 18.8 Å². The average molecular weight is 334 g/mol. The third-order valence-corrected chi connectivity index (χ3v) is 4.80. The molecule has 0 spiro atoms. The highest BCUT2D eigenvalue weighted by molar-refractivity contribution is 6.48. The molecule has 1 aliphatic heterocycles. The fraction of sp³-hybridized carbons (Fsp3) is 0.529. The van der Waals surface area contributed by atoms with E-state index >= 15 is 0 Å². The lowest BCUT2D eigenvalue weighted by Crippen LogP contribution is -2.41. The van der Waals surface area contributed by atoms with E-state index in [4.69, 9.17) is 19.2 Å². The minimum Gasteiger partial charge on any atom is -0.478 e. The molecule has 0 bridgehead atoms. The van der Waals surface area contributed by atoms with E-state index in [2.05, 4.69) is 0 Å². The Labute approximate surface area is 142 Å². The zero-order chi connectivity index (χ0) is 18.1. The van der Waals surface area contributed by atoms with Crippen molar-refractivity contribution in [2.75, 3.05) is 7.11 Å². The van der Waals surface area contributed by atoms with Crippen molar-refractivity contribution in [2.24, 2.45) is 0 Å². The van der Waals surface area contributed by atoms with Gasteiger partial charge in [-0.2, -0.15) is 0 Å². The number of hydrogen-bond acceptors (Lipinski definition) is 5. The minimum atomic E-state index is -0.998. The van der Waals surface area contributed by atoms with Crippen LogP contribution in [0.5, 0.6) is 0 Å². The molecule has 1 heterocycles. The second-order valence-electron chi connectivity index (χ2n) is 6.94. The lowest BCUT2D eigenvalue weighted by atomic mass is 9.66. The van der Waals surface area contributed by atoms with Crippen LogP contribution in [0, 0.1) is 0 Å². The maximum atomic E-state index is 11.8. The van der Waals surface area contributed by atoms with Crippen molar-refractivity contribution in [3.05, 3.63) is 35.4 Å². The van der Waals surface area contributed by atoms with Gasteiger partial charge in [0, 0.05) is 5.82 Å². The van der Waals surface area contributed by atoms with Gasteiger partial charge in [0.25, 0.3) is 0 Å². The van der Waals surface area contributed by atoms with Gasteiger partial charge in [-0.05, 0) is 45.4 Å². The monoisotopic (exact) mass is 334 g/mol. The van der Waals surface area contributed by atoms with Crippen molar-refractivity contribution < 1.29 is 28.7 Å². The molecule has 0 aliphatic carbocycles. The highest BCUT2D eigenvalue weighted by Gasteiger charge is 2.54. The SMILES string of the molecule is COC(=O)CC(B1OC(C)(C)C(C)(C)O1)c1ccc(C(=O)O)cc1. The fourth-order valence-corrected chi connectivity index (χ4v) is 2.56. The Kier molecular flexibility index (Phi) is 5.06. The van der Waals surface area contributed by atoms with Gasteiger partial charge in [0.1, 0.15) is 0 Å². The number of benzene rings is 1. The topological polar surface area (TPSA) is 82.1 Å². The van der Waals surface area contributed by atoms with Crippen LogP contribution in [0.3, 0.4) is 0 Å². The molecule has 0 amide bonds. The smallest absolute Gasteiger partial charge is 0.466 e. The molecule has 1 fully saturated rings. The number of carbonyl (C=O) groups is 2. The predicted octanol–water partition coefficient (Wildman–Crippen LogP) is 2.66. The van der Waals surface area contributed by atoms with Gasteiger partial charge in [0.15, 0.2) is 0 Å². The standard InChI is InChI=1S/C17H23BO6/c1-16(2)17(3,4)24-18(23-16)13(10-14(19)22-5)11-6-8-12(9-7-11)15(20)21/h6-9,13H,10H2,1-5H3,(H,20,21). The van der Waals surface area contributed by atoms with E-state index in [-0.39, 0.29) is 23.8 Å². The van der Waals surface area contributed by atoms with Crippen molar-refractivity contribution in [3.8, 4) is 0 Å². The number of carboxylic acid groups (broad SMARTS) is 1. The Morgan fingerprint density at radius 3 is 2.04 bits per heavy atom. The van der Waals surface area contributed by atoms with Crippen molar-refractivity contribution in [3.63, 3.8) is 0 Å². The van der Waals surface area contributed by atoms with Crippen LogP contribution < -0.4 is 0 Å². The summed E-state index contributed by atoms with van der Waals surface area (Å²) in [6.07, 6.45) is 0.0831. The molecule has 1 atom stereocenters. The van der Waals surface area contributed by atoms with E-state index in [9.17, 15) is 9.59 Å². The van der Waals surface area contributed by atoms with Gasteiger partial charge < -0.3 is 19.2 Å². The summed E-state index contributed by atoms with van der Waals surface area (Å²) in [5.41, 5.74) is -0.0894.